The quantitative estimate of drug-likeness (QED) is 0.603. The van der Waals surface area contributed by atoms with Crippen molar-refractivity contribution in [3.63, 3.8) is 0 Å². The zero-order chi connectivity index (χ0) is 11.9. The minimum Gasteiger partial charge on any atom is -0.258 e. The summed E-state index contributed by atoms with van der Waals surface area (Å²) >= 11 is 0.562. The first-order chi connectivity index (χ1) is 7.50. The predicted octanol–water partition coefficient (Wildman–Crippen LogP) is 2.37. The molecule has 0 aliphatic rings. The Bertz CT molecular complexity index is 619. The van der Waals surface area contributed by atoms with Gasteiger partial charge in [-0.05, 0) is 6.07 Å². The standard InChI is InChI=1S/C8H4F2N2O3S/c9-7(10)11-5-2-1-4(12(14)15)3-6(5)16-8(11)13/h1-3,7H. The molecule has 0 aliphatic heterocycles. The number of aromatic nitrogens is 1. The van der Waals surface area contributed by atoms with Gasteiger partial charge in [0.05, 0.1) is 15.1 Å². The van der Waals surface area contributed by atoms with Crippen molar-refractivity contribution in [1.29, 1.82) is 0 Å². The van der Waals surface area contributed by atoms with Gasteiger partial charge in [0.2, 0.25) is 0 Å². The van der Waals surface area contributed by atoms with Crippen LogP contribution in [-0.4, -0.2) is 9.49 Å². The van der Waals surface area contributed by atoms with Crippen LogP contribution in [0.3, 0.4) is 0 Å². The van der Waals surface area contributed by atoms with Gasteiger partial charge in [-0.2, -0.15) is 8.78 Å². The van der Waals surface area contributed by atoms with Crippen molar-refractivity contribution in [2.75, 3.05) is 0 Å². The van der Waals surface area contributed by atoms with E-state index in [1.165, 1.54) is 0 Å². The fraction of sp³-hybridized carbons (Fsp3) is 0.125. The Hall–Kier alpha value is -1.83. The minimum atomic E-state index is -2.94. The summed E-state index contributed by atoms with van der Waals surface area (Å²) in [7, 11) is 0. The number of hydrogen-bond acceptors (Lipinski definition) is 4. The second kappa shape index (κ2) is 3.63. The highest BCUT2D eigenvalue weighted by molar-refractivity contribution is 7.16. The van der Waals surface area contributed by atoms with Gasteiger partial charge in [-0.3, -0.25) is 14.9 Å². The molecule has 0 saturated carbocycles. The van der Waals surface area contributed by atoms with Crippen molar-refractivity contribution in [3.05, 3.63) is 38.0 Å². The normalized spacial score (nSPS) is 11.2. The Morgan fingerprint density at radius 2 is 2.12 bits per heavy atom. The van der Waals surface area contributed by atoms with Gasteiger partial charge >= 0.3 is 11.4 Å². The molecule has 1 aromatic carbocycles. The van der Waals surface area contributed by atoms with Crippen molar-refractivity contribution in [3.8, 4) is 0 Å². The topological polar surface area (TPSA) is 65.1 Å². The average molecular weight is 246 g/mol. The molecular weight excluding hydrogens is 242 g/mol. The maximum Gasteiger partial charge on any atom is 0.322 e. The van der Waals surface area contributed by atoms with Crippen LogP contribution in [0.15, 0.2) is 23.0 Å². The fourth-order valence-electron chi connectivity index (χ4n) is 1.32. The van der Waals surface area contributed by atoms with Crippen LogP contribution in [0.4, 0.5) is 14.5 Å². The summed E-state index contributed by atoms with van der Waals surface area (Å²) in [5.41, 5.74) is -0.217. The van der Waals surface area contributed by atoms with Crippen LogP contribution in [0.5, 0.6) is 0 Å². The number of alkyl halides is 2. The molecule has 0 fully saturated rings. The summed E-state index contributed by atoms with van der Waals surface area (Å²) in [4.78, 5) is 20.2. The van der Waals surface area contributed by atoms with Gasteiger partial charge in [0, 0.05) is 12.1 Å². The van der Waals surface area contributed by atoms with Crippen molar-refractivity contribution in [2.45, 2.75) is 6.55 Å². The zero-order valence-electron chi connectivity index (χ0n) is 7.59. The molecule has 0 unspecified atom stereocenters. The summed E-state index contributed by atoms with van der Waals surface area (Å²) in [5, 5.41) is 10.4. The molecule has 1 heterocycles. The lowest BCUT2D eigenvalue weighted by Crippen LogP contribution is -2.12. The van der Waals surface area contributed by atoms with Gasteiger partial charge < -0.3 is 0 Å². The summed E-state index contributed by atoms with van der Waals surface area (Å²) in [5.74, 6) is 0. The number of nitrogens with zero attached hydrogens (tertiary/aromatic N) is 2. The van der Waals surface area contributed by atoms with E-state index in [9.17, 15) is 23.7 Å². The first-order valence-electron chi connectivity index (χ1n) is 4.08. The fourth-order valence-corrected chi connectivity index (χ4v) is 2.24. The van der Waals surface area contributed by atoms with Crippen LogP contribution in [0.25, 0.3) is 10.2 Å². The molecule has 0 saturated heterocycles. The third-order valence-corrected chi connectivity index (χ3v) is 2.92. The second-order valence-corrected chi connectivity index (χ2v) is 3.92. The Morgan fingerprint density at radius 1 is 1.44 bits per heavy atom. The van der Waals surface area contributed by atoms with Crippen LogP contribution in [-0.2, 0) is 0 Å². The third-order valence-electron chi connectivity index (χ3n) is 2.00. The number of non-ortho nitro benzene ring substituents is 1. The number of fused-ring (bicyclic) bond motifs is 1. The Balaban J connectivity index is 2.75. The maximum atomic E-state index is 12.5. The molecule has 2 aromatic rings. The number of nitro groups is 1. The lowest BCUT2D eigenvalue weighted by atomic mass is 10.3. The molecule has 0 N–H and O–H groups in total. The van der Waals surface area contributed by atoms with E-state index in [-0.39, 0.29) is 15.9 Å². The highest BCUT2D eigenvalue weighted by Crippen LogP contribution is 2.25. The molecule has 0 atom stereocenters. The van der Waals surface area contributed by atoms with Crippen LogP contribution in [0.2, 0.25) is 0 Å². The third kappa shape index (κ3) is 1.56. The number of thiazole rings is 1. The monoisotopic (exact) mass is 246 g/mol. The predicted molar refractivity (Wildman–Crippen MR) is 54.0 cm³/mol. The van der Waals surface area contributed by atoms with Gasteiger partial charge in [-0.15, -0.1) is 0 Å². The summed E-state index contributed by atoms with van der Waals surface area (Å²) in [6.45, 7) is -2.94. The molecule has 2 rings (SSSR count). The lowest BCUT2D eigenvalue weighted by molar-refractivity contribution is -0.384. The van der Waals surface area contributed by atoms with Gasteiger partial charge in [-0.1, -0.05) is 11.3 Å². The zero-order valence-corrected chi connectivity index (χ0v) is 8.41. The van der Waals surface area contributed by atoms with E-state index < -0.39 is 16.3 Å². The molecule has 5 nitrogen and oxygen atoms in total. The lowest BCUT2D eigenvalue weighted by Gasteiger charge is -1.99. The summed E-state index contributed by atoms with van der Waals surface area (Å²) < 4.78 is 25.5. The maximum absolute atomic E-state index is 12.5. The number of halogens is 2. The van der Waals surface area contributed by atoms with E-state index in [4.69, 9.17) is 0 Å². The van der Waals surface area contributed by atoms with Crippen molar-refractivity contribution < 1.29 is 13.7 Å². The van der Waals surface area contributed by atoms with E-state index >= 15 is 0 Å². The van der Waals surface area contributed by atoms with Crippen LogP contribution in [0, 0.1) is 10.1 Å². The second-order valence-electron chi connectivity index (χ2n) is 2.92. The van der Waals surface area contributed by atoms with Gasteiger partial charge in [0.1, 0.15) is 0 Å². The van der Waals surface area contributed by atoms with E-state index in [1.807, 2.05) is 0 Å². The molecule has 0 bridgehead atoms. The molecule has 84 valence electrons. The van der Waals surface area contributed by atoms with Crippen molar-refractivity contribution in [1.82, 2.24) is 4.57 Å². The van der Waals surface area contributed by atoms with E-state index in [0.717, 1.165) is 18.2 Å². The Morgan fingerprint density at radius 3 is 2.69 bits per heavy atom. The van der Waals surface area contributed by atoms with E-state index in [2.05, 4.69) is 0 Å². The molecule has 0 spiro atoms. The van der Waals surface area contributed by atoms with Crippen LogP contribution >= 0.6 is 11.3 Å². The number of rotatable bonds is 2. The molecule has 1 aromatic heterocycles. The highest BCUT2D eigenvalue weighted by Gasteiger charge is 2.17. The highest BCUT2D eigenvalue weighted by atomic mass is 32.1. The van der Waals surface area contributed by atoms with E-state index in [0.29, 0.717) is 15.9 Å². The largest absolute Gasteiger partial charge is 0.322 e. The SMILES string of the molecule is O=c1sc2cc([N+](=O)[O-])ccc2n1C(F)F. The van der Waals surface area contributed by atoms with Crippen molar-refractivity contribution >= 4 is 27.2 Å². The molecular formula is C8H4F2N2O3S. The molecule has 8 heteroatoms. The van der Waals surface area contributed by atoms with E-state index in [1.54, 1.807) is 0 Å². The van der Waals surface area contributed by atoms with Crippen molar-refractivity contribution in [2.24, 2.45) is 0 Å². The average Bonchev–Trinajstić information content (AvgIpc) is 2.51. The number of hydrogen-bond donors (Lipinski definition) is 0. The first kappa shape index (κ1) is 10.7. The Labute approximate surface area is 90.7 Å². The van der Waals surface area contributed by atoms with Crippen LogP contribution in [0.1, 0.15) is 6.55 Å². The smallest absolute Gasteiger partial charge is 0.258 e. The van der Waals surface area contributed by atoms with Gasteiger partial charge in [0.25, 0.3) is 5.69 Å². The Kier molecular flexibility index (Phi) is 2.43. The molecule has 0 aliphatic carbocycles. The number of benzene rings is 1. The minimum absolute atomic E-state index is 0.00981. The van der Waals surface area contributed by atoms with Gasteiger partial charge in [0.15, 0.2) is 0 Å². The first-order valence-corrected chi connectivity index (χ1v) is 4.90. The molecule has 16 heavy (non-hydrogen) atoms. The van der Waals surface area contributed by atoms with Gasteiger partial charge in [-0.25, -0.2) is 4.57 Å². The summed E-state index contributed by atoms with van der Waals surface area (Å²) in [6, 6.07) is 3.35. The van der Waals surface area contributed by atoms with Crippen LogP contribution < -0.4 is 4.87 Å². The summed E-state index contributed by atoms with van der Waals surface area (Å²) in [6.07, 6.45) is 0. The molecule has 0 radical (unpaired) electrons. The number of nitro benzene ring substituents is 1. The molecule has 0 amide bonds.